The van der Waals surface area contributed by atoms with Crippen LogP contribution in [0.3, 0.4) is 0 Å². The van der Waals surface area contributed by atoms with Crippen molar-refractivity contribution in [2.45, 2.75) is 25.9 Å². The van der Waals surface area contributed by atoms with Crippen LogP contribution >= 0.6 is 0 Å². The fourth-order valence-corrected chi connectivity index (χ4v) is 2.93. The van der Waals surface area contributed by atoms with Gasteiger partial charge in [-0.15, -0.1) is 0 Å². The van der Waals surface area contributed by atoms with Gasteiger partial charge in [0.1, 0.15) is 5.82 Å². The number of fused-ring (bicyclic) bond motifs is 1. The highest BCUT2D eigenvalue weighted by molar-refractivity contribution is 5.86. The number of nitriles is 1. The molecule has 1 unspecified atom stereocenters. The van der Waals surface area contributed by atoms with Crippen molar-refractivity contribution in [2.75, 3.05) is 24.6 Å². The van der Waals surface area contributed by atoms with Crippen LogP contribution in [-0.2, 0) is 4.74 Å². The van der Waals surface area contributed by atoms with Gasteiger partial charge in [-0.1, -0.05) is 18.2 Å². The van der Waals surface area contributed by atoms with E-state index in [2.05, 4.69) is 11.0 Å². The maximum atomic E-state index is 9.37. The number of rotatable bonds is 3. The molecule has 1 saturated heterocycles. The van der Waals surface area contributed by atoms with Gasteiger partial charge in [0.05, 0.1) is 23.3 Å². The van der Waals surface area contributed by atoms with Crippen molar-refractivity contribution < 1.29 is 4.74 Å². The van der Waals surface area contributed by atoms with E-state index in [9.17, 15) is 5.26 Å². The fourth-order valence-electron chi connectivity index (χ4n) is 2.93. The van der Waals surface area contributed by atoms with E-state index in [0.717, 1.165) is 49.3 Å². The molecule has 0 radical (unpaired) electrons. The van der Waals surface area contributed by atoms with Crippen molar-refractivity contribution in [3.05, 3.63) is 35.9 Å². The molecule has 0 bridgehead atoms. The van der Waals surface area contributed by atoms with E-state index in [1.807, 2.05) is 37.3 Å². The highest BCUT2D eigenvalue weighted by Crippen LogP contribution is 2.25. The lowest BCUT2D eigenvalue weighted by Crippen LogP contribution is -2.40. The number of piperidine rings is 1. The summed E-state index contributed by atoms with van der Waals surface area (Å²) in [6, 6.07) is 12.0. The first-order valence-electron chi connectivity index (χ1n) is 7.48. The van der Waals surface area contributed by atoms with Gasteiger partial charge in [0.2, 0.25) is 0 Å². The number of hydrogen-bond donors (Lipinski definition) is 0. The van der Waals surface area contributed by atoms with Gasteiger partial charge in [-0.05, 0) is 31.9 Å². The summed E-state index contributed by atoms with van der Waals surface area (Å²) in [5.74, 6) is 0.884. The van der Waals surface area contributed by atoms with Crippen LogP contribution in [0.15, 0.2) is 30.3 Å². The largest absolute Gasteiger partial charge is 0.377 e. The lowest BCUT2D eigenvalue weighted by Gasteiger charge is -2.33. The molecule has 108 valence electrons. The van der Waals surface area contributed by atoms with E-state index in [0.29, 0.717) is 5.56 Å². The minimum absolute atomic E-state index is 0.266. The summed E-state index contributed by atoms with van der Waals surface area (Å²) in [6.07, 6.45) is 2.46. The number of anilines is 1. The number of benzene rings is 1. The Morgan fingerprint density at radius 3 is 3.10 bits per heavy atom. The lowest BCUT2D eigenvalue weighted by molar-refractivity contribution is 0.0525. The zero-order valence-corrected chi connectivity index (χ0v) is 12.2. The quantitative estimate of drug-likeness (QED) is 0.867. The van der Waals surface area contributed by atoms with Crippen LogP contribution in [0.25, 0.3) is 10.9 Å². The van der Waals surface area contributed by atoms with Crippen LogP contribution in [0.5, 0.6) is 0 Å². The van der Waals surface area contributed by atoms with Gasteiger partial charge in [-0.2, -0.15) is 5.26 Å². The Bertz CT molecular complexity index is 675. The van der Waals surface area contributed by atoms with Crippen molar-refractivity contribution in [1.82, 2.24) is 4.98 Å². The maximum absolute atomic E-state index is 9.37. The summed E-state index contributed by atoms with van der Waals surface area (Å²) in [7, 11) is 0. The summed E-state index contributed by atoms with van der Waals surface area (Å²) >= 11 is 0. The van der Waals surface area contributed by atoms with E-state index in [1.54, 1.807) is 0 Å². The van der Waals surface area contributed by atoms with Crippen molar-refractivity contribution in [3.8, 4) is 6.07 Å². The minimum Gasteiger partial charge on any atom is -0.377 e. The van der Waals surface area contributed by atoms with E-state index in [4.69, 9.17) is 9.72 Å². The highest BCUT2D eigenvalue weighted by Gasteiger charge is 2.21. The van der Waals surface area contributed by atoms with Crippen LogP contribution in [0, 0.1) is 11.3 Å². The molecule has 1 aliphatic heterocycles. The van der Waals surface area contributed by atoms with E-state index in [-0.39, 0.29) is 6.10 Å². The second-order valence-electron chi connectivity index (χ2n) is 5.32. The summed E-state index contributed by atoms with van der Waals surface area (Å²) in [6.45, 7) is 4.60. The second-order valence-corrected chi connectivity index (χ2v) is 5.32. The van der Waals surface area contributed by atoms with Crippen LogP contribution in [0.1, 0.15) is 25.3 Å². The van der Waals surface area contributed by atoms with E-state index >= 15 is 0 Å². The van der Waals surface area contributed by atoms with Crippen molar-refractivity contribution in [3.63, 3.8) is 0 Å². The Hall–Kier alpha value is -2.12. The summed E-state index contributed by atoms with van der Waals surface area (Å²) in [5, 5.41) is 10.3. The monoisotopic (exact) mass is 281 g/mol. The molecule has 4 nitrogen and oxygen atoms in total. The number of hydrogen-bond acceptors (Lipinski definition) is 4. The zero-order valence-electron chi connectivity index (χ0n) is 12.2. The Morgan fingerprint density at radius 1 is 1.43 bits per heavy atom. The third-order valence-corrected chi connectivity index (χ3v) is 3.93. The summed E-state index contributed by atoms with van der Waals surface area (Å²) in [5.41, 5.74) is 1.57. The Balaban J connectivity index is 1.95. The van der Waals surface area contributed by atoms with Crippen molar-refractivity contribution in [2.24, 2.45) is 0 Å². The molecule has 0 amide bonds. The number of nitrogens with zero attached hydrogens (tertiary/aromatic N) is 3. The standard InChI is InChI=1S/C17H19N3O/c1-2-21-14-6-5-9-20(12-14)17-10-13(11-18)15-7-3-4-8-16(15)19-17/h3-4,7-8,10,14H,2,5-6,9,12H2,1H3. The van der Waals surface area contributed by atoms with Crippen LogP contribution in [-0.4, -0.2) is 30.8 Å². The molecule has 4 heteroatoms. The minimum atomic E-state index is 0.266. The van der Waals surface area contributed by atoms with Gasteiger partial charge < -0.3 is 9.64 Å². The molecule has 2 aromatic rings. The first-order valence-corrected chi connectivity index (χ1v) is 7.48. The molecule has 1 atom stereocenters. The van der Waals surface area contributed by atoms with Gasteiger partial charge in [-0.25, -0.2) is 4.98 Å². The summed E-state index contributed by atoms with van der Waals surface area (Å²) in [4.78, 5) is 6.95. The second kappa shape index (κ2) is 6.11. The zero-order chi connectivity index (χ0) is 14.7. The molecule has 2 heterocycles. The first-order chi connectivity index (χ1) is 10.3. The normalized spacial score (nSPS) is 18.7. The average molecular weight is 281 g/mol. The molecule has 1 aromatic heterocycles. The fraction of sp³-hybridized carbons (Fsp3) is 0.412. The predicted octanol–water partition coefficient (Wildman–Crippen LogP) is 3.11. The third-order valence-electron chi connectivity index (χ3n) is 3.93. The SMILES string of the molecule is CCOC1CCCN(c2cc(C#N)c3ccccc3n2)C1. The molecule has 0 N–H and O–H groups in total. The number of para-hydroxylation sites is 1. The number of pyridine rings is 1. The van der Waals surface area contributed by atoms with Gasteiger partial charge >= 0.3 is 0 Å². The van der Waals surface area contributed by atoms with Gasteiger partial charge in [0, 0.05) is 25.1 Å². The van der Waals surface area contributed by atoms with E-state index < -0.39 is 0 Å². The Labute approximate surface area is 125 Å². The van der Waals surface area contributed by atoms with Crippen LogP contribution in [0.4, 0.5) is 5.82 Å². The molecule has 1 aliphatic rings. The third kappa shape index (κ3) is 2.84. The number of aromatic nitrogens is 1. The molecular weight excluding hydrogens is 262 g/mol. The topological polar surface area (TPSA) is 49.1 Å². The van der Waals surface area contributed by atoms with Crippen molar-refractivity contribution in [1.29, 1.82) is 5.26 Å². The maximum Gasteiger partial charge on any atom is 0.130 e. The number of ether oxygens (including phenoxy) is 1. The Kier molecular flexibility index (Phi) is 4.03. The lowest BCUT2D eigenvalue weighted by atomic mass is 10.1. The van der Waals surface area contributed by atoms with Gasteiger partial charge in [0.25, 0.3) is 0 Å². The highest BCUT2D eigenvalue weighted by atomic mass is 16.5. The predicted molar refractivity (Wildman–Crippen MR) is 83.3 cm³/mol. The Morgan fingerprint density at radius 2 is 2.29 bits per heavy atom. The summed E-state index contributed by atoms with van der Waals surface area (Å²) < 4.78 is 5.74. The van der Waals surface area contributed by atoms with Gasteiger partial charge in [0.15, 0.2) is 0 Å². The molecule has 3 rings (SSSR count). The molecule has 21 heavy (non-hydrogen) atoms. The smallest absolute Gasteiger partial charge is 0.130 e. The van der Waals surface area contributed by atoms with E-state index in [1.165, 1.54) is 0 Å². The molecular formula is C17H19N3O. The average Bonchev–Trinajstić information content (AvgIpc) is 2.54. The van der Waals surface area contributed by atoms with Crippen LogP contribution < -0.4 is 4.90 Å². The molecule has 1 fully saturated rings. The molecule has 0 spiro atoms. The van der Waals surface area contributed by atoms with Crippen LogP contribution in [0.2, 0.25) is 0 Å². The van der Waals surface area contributed by atoms with Gasteiger partial charge in [-0.3, -0.25) is 0 Å². The molecule has 0 aliphatic carbocycles. The molecule has 0 saturated carbocycles. The first kappa shape index (κ1) is 13.8. The van der Waals surface area contributed by atoms with Crippen molar-refractivity contribution >= 4 is 16.7 Å². The molecule has 1 aromatic carbocycles.